The molecule has 1 heterocycles. The van der Waals surface area contributed by atoms with E-state index in [0.29, 0.717) is 0 Å². The zero-order valence-corrected chi connectivity index (χ0v) is 9.27. The molecular weight excluding hydrogens is 206 g/mol. The number of benzene rings is 3. The molecule has 0 amide bonds. The number of hydrogen-bond donors (Lipinski definition) is 1. The molecule has 0 saturated heterocycles. The molecule has 0 fully saturated rings. The Kier molecular flexibility index (Phi) is 1.61. The second kappa shape index (κ2) is 3.11. The molecule has 0 spiro atoms. The largest absolute Gasteiger partial charge is 0.361 e. The lowest BCUT2D eigenvalue weighted by molar-refractivity contribution is 1.62. The molecule has 1 nitrogen and oxygen atoms in total. The molecule has 3 aromatic rings. The molecule has 80 valence electrons. The molecule has 17 heavy (non-hydrogen) atoms. The van der Waals surface area contributed by atoms with Gasteiger partial charge in [0.15, 0.2) is 0 Å². The smallest absolute Gasteiger partial charge is 0.0545 e. The lowest BCUT2D eigenvalue weighted by Crippen LogP contribution is -1.97. The van der Waals surface area contributed by atoms with E-state index >= 15 is 0 Å². The average Bonchev–Trinajstić information content (AvgIpc) is 2.39. The van der Waals surface area contributed by atoms with Crippen LogP contribution in [0, 0.1) is 0 Å². The highest BCUT2D eigenvalue weighted by Crippen LogP contribution is 2.37. The van der Waals surface area contributed by atoms with Crippen molar-refractivity contribution < 1.29 is 0 Å². The van der Waals surface area contributed by atoms with E-state index in [1.165, 1.54) is 32.8 Å². The highest BCUT2D eigenvalue weighted by atomic mass is 14.8. The first-order valence-corrected chi connectivity index (χ1v) is 5.81. The number of nitrogens with one attached hydrogen (secondary N) is 1. The summed E-state index contributed by atoms with van der Waals surface area (Å²) in [7, 11) is 0. The summed E-state index contributed by atoms with van der Waals surface area (Å²) in [5.74, 6) is 0. The Balaban J connectivity index is 2.33. The van der Waals surface area contributed by atoms with Gasteiger partial charge in [-0.2, -0.15) is 0 Å². The summed E-state index contributed by atoms with van der Waals surface area (Å²) in [4.78, 5) is 0. The van der Waals surface area contributed by atoms with Crippen molar-refractivity contribution in [2.45, 2.75) is 0 Å². The van der Waals surface area contributed by atoms with Gasteiger partial charge in [-0.05, 0) is 28.5 Å². The van der Waals surface area contributed by atoms with Crippen molar-refractivity contribution in [3.63, 3.8) is 0 Å². The van der Waals surface area contributed by atoms with Gasteiger partial charge in [0.2, 0.25) is 0 Å². The second-order valence-corrected chi connectivity index (χ2v) is 4.40. The molecule has 0 saturated carbocycles. The number of fused-ring (bicyclic) bond motifs is 2. The molecule has 0 bridgehead atoms. The van der Waals surface area contributed by atoms with Crippen LogP contribution >= 0.6 is 0 Å². The van der Waals surface area contributed by atoms with Crippen LogP contribution in [0.25, 0.3) is 27.6 Å². The van der Waals surface area contributed by atoms with E-state index in [1.54, 1.807) is 0 Å². The fraction of sp³-hybridized carbons (Fsp3) is 0. The quantitative estimate of drug-likeness (QED) is 0.551. The molecule has 1 aliphatic heterocycles. The summed E-state index contributed by atoms with van der Waals surface area (Å²) in [6.07, 6.45) is 4.15. The first-order chi connectivity index (χ1) is 8.43. The molecule has 1 heteroatoms. The Morgan fingerprint density at radius 1 is 0.824 bits per heavy atom. The van der Waals surface area contributed by atoms with Gasteiger partial charge in [0, 0.05) is 17.0 Å². The molecule has 1 N–H and O–H groups in total. The fourth-order valence-electron chi connectivity index (χ4n) is 2.65. The minimum atomic E-state index is 1.23. The summed E-state index contributed by atoms with van der Waals surface area (Å²) in [5, 5.41) is 8.59. The van der Waals surface area contributed by atoms with Gasteiger partial charge in [0.05, 0.1) is 5.69 Å². The predicted octanol–water partition coefficient (Wildman–Crippen LogP) is 4.39. The Bertz CT molecular complexity index is 769. The highest BCUT2D eigenvalue weighted by molar-refractivity contribution is 6.15. The van der Waals surface area contributed by atoms with Crippen LogP contribution in [0.2, 0.25) is 0 Å². The Morgan fingerprint density at radius 2 is 1.71 bits per heavy atom. The minimum Gasteiger partial charge on any atom is -0.361 e. The van der Waals surface area contributed by atoms with Gasteiger partial charge in [-0.15, -0.1) is 0 Å². The SMILES string of the molecule is C1=Cc2cccc3cc4ccccc4c(c23)N1. The maximum absolute atomic E-state index is 3.39. The third-order valence-electron chi connectivity index (χ3n) is 3.41. The van der Waals surface area contributed by atoms with Crippen molar-refractivity contribution >= 4 is 33.3 Å². The van der Waals surface area contributed by atoms with E-state index < -0.39 is 0 Å². The van der Waals surface area contributed by atoms with Crippen molar-refractivity contribution in [3.05, 3.63) is 60.3 Å². The van der Waals surface area contributed by atoms with E-state index in [9.17, 15) is 0 Å². The second-order valence-electron chi connectivity index (χ2n) is 4.40. The van der Waals surface area contributed by atoms with Crippen molar-refractivity contribution in [2.75, 3.05) is 5.32 Å². The Hall–Kier alpha value is -2.28. The number of rotatable bonds is 0. The molecule has 0 aromatic heterocycles. The maximum Gasteiger partial charge on any atom is 0.0545 e. The van der Waals surface area contributed by atoms with Crippen LogP contribution in [-0.4, -0.2) is 0 Å². The monoisotopic (exact) mass is 217 g/mol. The third-order valence-corrected chi connectivity index (χ3v) is 3.41. The third kappa shape index (κ3) is 1.14. The van der Waals surface area contributed by atoms with Crippen LogP contribution in [0.15, 0.2) is 54.7 Å². The molecule has 1 aliphatic rings. The van der Waals surface area contributed by atoms with Gasteiger partial charge >= 0.3 is 0 Å². The Morgan fingerprint density at radius 3 is 2.71 bits per heavy atom. The molecule has 0 unspecified atom stereocenters. The van der Waals surface area contributed by atoms with Crippen molar-refractivity contribution in [1.29, 1.82) is 0 Å². The molecule has 4 rings (SSSR count). The van der Waals surface area contributed by atoms with Gasteiger partial charge < -0.3 is 5.32 Å². The summed E-state index contributed by atoms with van der Waals surface area (Å²) in [6, 6.07) is 17.2. The lowest BCUT2D eigenvalue weighted by atomic mass is 9.96. The van der Waals surface area contributed by atoms with Gasteiger partial charge in [-0.25, -0.2) is 0 Å². The summed E-state index contributed by atoms with van der Waals surface area (Å²) in [6.45, 7) is 0. The molecule has 0 atom stereocenters. The molecule has 0 aliphatic carbocycles. The van der Waals surface area contributed by atoms with Crippen LogP contribution in [0.1, 0.15) is 5.56 Å². The average molecular weight is 217 g/mol. The van der Waals surface area contributed by atoms with Crippen molar-refractivity contribution in [1.82, 2.24) is 0 Å². The zero-order valence-electron chi connectivity index (χ0n) is 9.27. The normalized spacial score (nSPS) is 12.9. The van der Waals surface area contributed by atoms with Crippen LogP contribution in [-0.2, 0) is 0 Å². The predicted molar refractivity (Wildman–Crippen MR) is 74.1 cm³/mol. The van der Waals surface area contributed by atoms with E-state index in [4.69, 9.17) is 0 Å². The van der Waals surface area contributed by atoms with Gasteiger partial charge in [0.1, 0.15) is 0 Å². The van der Waals surface area contributed by atoms with Gasteiger partial charge in [-0.3, -0.25) is 0 Å². The number of anilines is 1. The Labute approximate surface area is 99.4 Å². The van der Waals surface area contributed by atoms with E-state index in [2.05, 4.69) is 59.9 Å². The van der Waals surface area contributed by atoms with E-state index in [-0.39, 0.29) is 0 Å². The van der Waals surface area contributed by atoms with E-state index in [0.717, 1.165) is 0 Å². The standard InChI is InChI=1S/C16H11N/c1-2-7-14-12(4-1)10-13-6-3-5-11-8-9-17-16(14)15(11)13/h1-10,17H. The summed E-state index contributed by atoms with van der Waals surface area (Å²) in [5.41, 5.74) is 2.53. The number of hydrogen-bond acceptors (Lipinski definition) is 1. The molecule has 0 radical (unpaired) electrons. The van der Waals surface area contributed by atoms with Gasteiger partial charge in [0.25, 0.3) is 0 Å². The molecule has 3 aromatic carbocycles. The topological polar surface area (TPSA) is 12.0 Å². The fourth-order valence-corrected chi connectivity index (χ4v) is 2.65. The van der Waals surface area contributed by atoms with Crippen LogP contribution in [0.5, 0.6) is 0 Å². The summed E-state index contributed by atoms with van der Waals surface area (Å²) >= 11 is 0. The maximum atomic E-state index is 3.39. The first kappa shape index (κ1) is 8.82. The van der Waals surface area contributed by atoms with E-state index in [1.807, 2.05) is 6.20 Å². The van der Waals surface area contributed by atoms with Crippen LogP contribution in [0.4, 0.5) is 5.69 Å². The van der Waals surface area contributed by atoms with Crippen molar-refractivity contribution in [2.24, 2.45) is 0 Å². The van der Waals surface area contributed by atoms with Crippen molar-refractivity contribution in [3.8, 4) is 0 Å². The van der Waals surface area contributed by atoms with Crippen LogP contribution in [0.3, 0.4) is 0 Å². The molecular formula is C16H11N. The zero-order chi connectivity index (χ0) is 11.2. The summed E-state index contributed by atoms with van der Waals surface area (Å²) < 4.78 is 0. The first-order valence-electron chi connectivity index (χ1n) is 5.81. The highest BCUT2D eigenvalue weighted by Gasteiger charge is 2.11. The van der Waals surface area contributed by atoms with Gasteiger partial charge in [-0.1, -0.05) is 42.5 Å². The lowest BCUT2D eigenvalue weighted by Gasteiger charge is -2.16. The van der Waals surface area contributed by atoms with Crippen LogP contribution < -0.4 is 5.32 Å². The minimum absolute atomic E-state index is 1.23.